The lowest BCUT2D eigenvalue weighted by molar-refractivity contribution is -0.162. The Morgan fingerprint density at radius 1 is 1.38 bits per heavy atom. The van der Waals surface area contributed by atoms with Gasteiger partial charge in [-0.25, -0.2) is 4.79 Å². The first kappa shape index (κ1) is 12.5. The lowest BCUT2D eigenvalue weighted by atomic mass is 10.2. The van der Waals surface area contributed by atoms with Gasteiger partial charge in [-0.05, 0) is 13.8 Å². The molecule has 0 aliphatic carbocycles. The van der Waals surface area contributed by atoms with E-state index in [1.165, 1.54) is 16.9 Å². The molecular weight excluding hydrogens is 212 g/mol. The number of piperazine rings is 1. The topological polar surface area (TPSA) is 66.9 Å². The van der Waals surface area contributed by atoms with E-state index >= 15 is 0 Å². The van der Waals surface area contributed by atoms with Gasteiger partial charge >= 0.3 is 17.8 Å². The smallest absolute Gasteiger partial charge is 0.328 e. The fraction of sp³-hybridized carbons (Fsp3) is 0.700. The van der Waals surface area contributed by atoms with Crippen LogP contribution < -0.4 is 0 Å². The van der Waals surface area contributed by atoms with E-state index in [2.05, 4.69) is 4.74 Å². The van der Waals surface area contributed by atoms with E-state index in [1.807, 2.05) is 6.92 Å². The molecule has 1 saturated heterocycles. The largest absolute Gasteiger partial charge is 0.467 e. The second-order valence-electron chi connectivity index (χ2n) is 3.58. The van der Waals surface area contributed by atoms with Gasteiger partial charge in [0.2, 0.25) is 0 Å². The van der Waals surface area contributed by atoms with Crippen LogP contribution in [0.15, 0.2) is 0 Å². The molecule has 0 aromatic heterocycles. The third-order valence-corrected chi connectivity index (χ3v) is 2.73. The van der Waals surface area contributed by atoms with Crippen LogP contribution in [0.3, 0.4) is 0 Å². The maximum Gasteiger partial charge on any atom is 0.328 e. The quantitative estimate of drug-likeness (QED) is 0.470. The van der Waals surface area contributed by atoms with Crippen molar-refractivity contribution in [3.63, 3.8) is 0 Å². The monoisotopic (exact) mass is 228 g/mol. The molecule has 1 heterocycles. The summed E-state index contributed by atoms with van der Waals surface area (Å²) in [4.78, 5) is 37.2. The van der Waals surface area contributed by atoms with Crippen LogP contribution in [0.5, 0.6) is 0 Å². The van der Waals surface area contributed by atoms with Crippen molar-refractivity contribution >= 4 is 17.8 Å². The molecule has 1 aliphatic rings. The van der Waals surface area contributed by atoms with Crippen molar-refractivity contribution < 1.29 is 19.1 Å². The Hall–Kier alpha value is -1.59. The molecule has 90 valence electrons. The molecule has 0 N–H and O–H groups in total. The molecule has 0 aromatic carbocycles. The summed E-state index contributed by atoms with van der Waals surface area (Å²) in [6.07, 6.45) is 0. The SMILES string of the molecule is CCN1CCN(C(C)C(=O)OC)C(=O)C1=O. The molecule has 1 rings (SSSR count). The number of amides is 2. The number of carbonyl (C=O) groups excluding carboxylic acids is 3. The summed E-state index contributed by atoms with van der Waals surface area (Å²) in [5, 5.41) is 0. The van der Waals surface area contributed by atoms with Gasteiger partial charge < -0.3 is 14.5 Å². The minimum absolute atomic E-state index is 0.370. The number of likely N-dealkylation sites (N-methyl/N-ethyl adjacent to an activating group) is 1. The van der Waals surface area contributed by atoms with Crippen LogP contribution in [0.25, 0.3) is 0 Å². The number of nitrogens with zero attached hydrogens (tertiary/aromatic N) is 2. The molecule has 0 saturated carbocycles. The minimum atomic E-state index is -0.708. The second kappa shape index (κ2) is 4.96. The standard InChI is InChI=1S/C10H16N2O4/c1-4-11-5-6-12(9(14)8(11)13)7(2)10(15)16-3/h7H,4-6H2,1-3H3. The average Bonchev–Trinajstić information content (AvgIpc) is 2.30. The number of hydrogen-bond acceptors (Lipinski definition) is 4. The maximum atomic E-state index is 11.7. The van der Waals surface area contributed by atoms with Crippen molar-refractivity contribution in [2.24, 2.45) is 0 Å². The van der Waals surface area contributed by atoms with Gasteiger partial charge in [0.05, 0.1) is 7.11 Å². The van der Waals surface area contributed by atoms with Crippen molar-refractivity contribution in [1.82, 2.24) is 9.80 Å². The van der Waals surface area contributed by atoms with Crippen LogP contribution in [0.1, 0.15) is 13.8 Å². The Morgan fingerprint density at radius 2 is 2.00 bits per heavy atom. The fourth-order valence-electron chi connectivity index (χ4n) is 1.66. The zero-order valence-electron chi connectivity index (χ0n) is 9.73. The fourth-order valence-corrected chi connectivity index (χ4v) is 1.66. The van der Waals surface area contributed by atoms with E-state index in [-0.39, 0.29) is 0 Å². The van der Waals surface area contributed by atoms with Crippen molar-refractivity contribution in [2.75, 3.05) is 26.7 Å². The van der Waals surface area contributed by atoms with Crippen molar-refractivity contribution in [3.05, 3.63) is 0 Å². The zero-order valence-corrected chi connectivity index (χ0v) is 9.73. The van der Waals surface area contributed by atoms with Gasteiger partial charge in [0, 0.05) is 19.6 Å². The molecule has 1 unspecified atom stereocenters. The van der Waals surface area contributed by atoms with Crippen LogP contribution >= 0.6 is 0 Å². The molecule has 1 atom stereocenters. The van der Waals surface area contributed by atoms with E-state index in [9.17, 15) is 14.4 Å². The van der Waals surface area contributed by atoms with E-state index < -0.39 is 23.8 Å². The molecule has 0 aromatic rings. The Labute approximate surface area is 94.1 Å². The van der Waals surface area contributed by atoms with Crippen LogP contribution in [0, 0.1) is 0 Å². The highest BCUT2D eigenvalue weighted by molar-refractivity contribution is 6.35. The van der Waals surface area contributed by atoms with E-state index in [0.29, 0.717) is 19.6 Å². The first-order valence-corrected chi connectivity index (χ1v) is 5.20. The van der Waals surface area contributed by atoms with Gasteiger partial charge in [0.15, 0.2) is 0 Å². The second-order valence-corrected chi connectivity index (χ2v) is 3.58. The van der Waals surface area contributed by atoms with Crippen LogP contribution in [-0.2, 0) is 19.1 Å². The molecule has 6 heteroatoms. The molecule has 2 amide bonds. The lowest BCUT2D eigenvalue weighted by Gasteiger charge is -2.35. The Kier molecular flexibility index (Phi) is 3.87. The summed E-state index contributed by atoms with van der Waals surface area (Å²) in [5.74, 6) is -1.69. The zero-order chi connectivity index (χ0) is 12.3. The summed E-state index contributed by atoms with van der Waals surface area (Å²) >= 11 is 0. The van der Waals surface area contributed by atoms with Crippen molar-refractivity contribution in [2.45, 2.75) is 19.9 Å². The maximum absolute atomic E-state index is 11.7. The normalized spacial score (nSPS) is 18.7. The van der Waals surface area contributed by atoms with Gasteiger partial charge in [0.1, 0.15) is 6.04 Å². The summed E-state index contributed by atoms with van der Waals surface area (Å²) in [7, 11) is 1.26. The number of methoxy groups -OCH3 is 1. The lowest BCUT2D eigenvalue weighted by Crippen LogP contribution is -2.58. The minimum Gasteiger partial charge on any atom is -0.467 e. The van der Waals surface area contributed by atoms with Crippen molar-refractivity contribution in [1.29, 1.82) is 0 Å². The molecular formula is C10H16N2O4. The Bertz CT molecular complexity index is 316. The highest BCUT2D eigenvalue weighted by Gasteiger charge is 2.36. The third-order valence-electron chi connectivity index (χ3n) is 2.73. The van der Waals surface area contributed by atoms with Crippen LogP contribution in [-0.4, -0.2) is 60.4 Å². The highest BCUT2D eigenvalue weighted by Crippen LogP contribution is 2.09. The highest BCUT2D eigenvalue weighted by atomic mass is 16.5. The molecule has 1 fully saturated rings. The van der Waals surface area contributed by atoms with E-state index in [1.54, 1.807) is 6.92 Å². The first-order chi connectivity index (χ1) is 7.52. The molecule has 16 heavy (non-hydrogen) atoms. The summed E-state index contributed by atoms with van der Waals surface area (Å²) < 4.78 is 4.54. The number of hydrogen-bond donors (Lipinski definition) is 0. The van der Waals surface area contributed by atoms with Gasteiger partial charge in [-0.2, -0.15) is 0 Å². The summed E-state index contributed by atoms with van der Waals surface area (Å²) in [6, 6.07) is -0.708. The molecule has 0 spiro atoms. The van der Waals surface area contributed by atoms with Crippen LogP contribution in [0.4, 0.5) is 0 Å². The van der Waals surface area contributed by atoms with E-state index in [4.69, 9.17) is 0 Å². The Morgan fingerprint density at radius 3 is 2.50 bits per heavy atom. The first-order valence-electron chi connectivity index (χ1n) is 5.20. The average molecular weight is 228 g/mol. The molecule has 0 radical (unpaired) electrons. The number of carbonyl (C=O) groups is 3. The Balaban J connectivity index is 2.75. The van der Waals surface area contributed by atoms with E-state index in [0.717, 1.165) is 0 Å². The molecule has 0 bridgehead atoms. The molecule has 6 nitrogen and oxygen atoms in total. The number of ether oxygens (including phenoxy) is 1. The summed E-state index contributed by atoms with van der Waals surface area (Å²) in [5.41, 5.74) is 0. The summed E-state index contributed by atoms with van der Waals surface area (Å²) in [6.45, 7) is 4.70. The number of rotatable bonds is 3. The van der Waals surface area contributed by atoms with Gasteiger partial charge in [0.25, 0.3) is 0 Å². The van der Waals surface area contributed by atoms with Gasteiger partial charge in [-0.1, -0.05) is 0 Å². The number of esters is 1. The predicted molar refractivity (Wildman–Crippen MR) is 55.4 cm³/mol. The predicted octanol–water partition coefficient (Wildman–Crippen LogP) is -0.761. The van der Waals surface area contributed by atoms with Crippen LogP contribution in [0.2, 0.25) is 0 Å². The molecule has 1 aliphatic heterocycles. The van der Waals surface area contributed by atoms with Gasteiger partial charge in [-0.15, -0.1) is 0 Å². The van der Waals surface area contributed by atoms with Gasteiger partial charge in [-0.3, -0.25) is 9.59 Å². The third kappa shape index (κ3) is 2.15. The van der Waals surface area contributed by atoms with Crippen molar-refractivity contribution in [3.8, 4) is 0 Å².